The number of carbonyl (C=O) groups excluding carboxylic acids is 1. The minimum atomic E-state index is -3.75. The Labute approximate surface area is 148 Å². The molecule has 6 heteroatoms. The zero-order chi connectivity index (χ0) is 18.3. The van der Waals surface area contributed by atoms with Crippen LogP contribution >= 0.6 is 7.60 Å². The van der Waals surface area contributed by atoms with Gasteiger partial charge in [-0.05, 0) is 49.2 Å². The van der Waals surface area contributed by atoms with Crippen LogP contribution in [0.25, 0.3) is 16.8 Å². The molecule has 0 heterocycles. The minimum Gasteiger partial charge on any atom is -0.462 e. The average molecular weight is 362 g/mol. The third-order valence-electron chi connectivity index (χ3n) is 3.45. The number of fused-ring (bicyclic) bond motifs is 1. The highest BCUT2D eigenvalue weighted by Crippen LogP contribution is 2.57. The first-order chi connectivity index (χ1) is 12.0. The molecule has 25 heavy (non-hydrogen) atoms. The highest BCUT2D eigenvalue weighted by molar-refractivity contribution is 7.60. The van der Waals surface area contributed by atoms with Crippen molar-refractivity contribution in [3.63, 3.8) is 0 Å². The SMILES string of the molecule is CCOC(=O)/C(=C\c1ccc2ccccc2c1)P(=O)(OCC)OCC. The molecule has 5 nitrogen and oxygen atoms in total. The zero-order valence-electron chi connectivity index (χ0n) is 14.7. The molecule has 0 unspecified atom stereocenters. The van der Waals surface area contributed by atoms with Gasteiger partial charge in [-0.2, -0.15) is 0 Å². The van der Waals surface area contributed by atoms with E-state index in [-0.39, 0.29) is 25.1 Å². The molecule has 0 aliphatic heterocycles. The van der Waals surface area contributed by atoms with Crippen LogP contribution in [0.5, 0.6) is 0 Å². The molecular formula is C19H23O5P. The largest absolute Gasteiger partial charge is 0.462 e. The molecule has 2 rings (SSSR count). The van der Waals surface area contributed by atoms with Crippen molar-refractivity contribution < 1.29 is 23.1 Å². The molecule has 0 N–H and O–H groups in total. The Morgan fingerprint density at radius 3 is 2.20 bits per heavy atom. The zero-order valence-corrected chi connectivity index (χ0v) is 15.6. The number of ether oxygens (including phenoxy) is 1. The van der Waals surface area contributed by atoms with Crippen LogP contribution in [-0.4, -0.2) is 25.8 Å². The van der Waals surface area contributed by atoms with Crippen molar-refractivity contribution in [2.45, 2.75) is 20.8 Å². The summed E-state index contributed by atoms with van der Waals surface area (Å²) >= 11 is 0. The fourth-order valence-electron chi connectivity index (χ4n) is 2.43. The van der Waals surface area contributed by atoms with Gasteiger partial charge >= 0.3 is 13.6 Å². The fraction of sp³-hybridized carbons (Fsp3) is 0.316. The van der Waals surface area contributed by atoms with Gasteiger partial charge < -0.3 is 13.8 Å². The van der Waals surface area contributed by atoms with Crippen molar-refractivity contribution in [1.29, 1.82) is 0 Å². The van der Waals surface area contributed by atoms with Crippen molar-refractivity contribution in [3.8, 4) is 0 Å². The van der Waals surface area contributed by atoms with E-state index in [1.54, 1.807) is 20.8 Å². The Hall–Kier alpha value is -1.94. The second-order valence-electron chi connectivity index (χ2n) is 5.19. The number of hydrogen-bond acceptors (Lipinski definition) is 5. The van der Waals surface area contributed by atoms with E-state index in [1.807, 2.05) is 42.5 Å². The van der Waals surface area contributed by atoms with Gasteiger partial charge in [-0.15, -0.1) is 0 Å². The second-order valence-corrected chi connectivity index (χ2v) is 7.18. The van der Waals surface area contributed by atoms with Crippen LogP contribution in [0.2, 0.25) is 0 Å². The summed E-state index contributed by atoms with van der Waals surface area (Å²) in [4.78, 5) is 12.4. The average Bonchev–Trinajstić information content (AvgIpc) is 2.60. The molecule has 0 saturated carbocycles. The summed E-state index contributed by atoms with van der Waals surface area (Å²) in [6.07, 6.45) is 1.52. The molecule has 0 amide bonds. The van der Waals surface area contributed by atoms with Crippen molar-refractivity contribution in [3.05, 3.63) is 53.3 Å². The Balaban J connectivity index is 2.53. The van der Waals surface area contributed by atoms with Crippen LogP contribution in [0.3, 0.4) is 0 Å². The van der Waals surface area contributed by atoms with Gasteiger partial charge in [0.1, 0.15) is 5.31 Å². The molecule has 0 bridgehead atoms. The number of carbonyl (C=O) groups is 1. The van der Waals surface area contributed by atoms with Gasteiger partial charge in [0.2, 0.25) is 0 Å². The normalized spacial score (nSPS) is 12.4. The smallest absolute Gasteiger partial charge is 0.368 e. The molecule has 0 saturated heterocycles. The lowest BCUT2D eigenvalue weighted by molar-refractivity contribution is -0.137. The standard InChI is InChI=1S/C19H23O5P/c1-4-22-19(20)18(25(21,23-5-2)24-6-3)14-15-11-12-16-9-7-8-10-17(16)13-15/h7-14H,4-6H2,1-3H3/b18-14+. The van der Waals surface area contributed by atoms with Gasteiger partial charge in [0.25, 0.3) is 0 Å². The maximum Gasteiger partial charge on any atom is 0.368 e. The van der Waals surface area contributed by atoms with Crippen molar-refractivity contribution in [1.82, 2.24) is 0 Å². The third kappa shape index (κ3) is 4.79. The van der Waals surface area contributed by atoms with E-state index >= 15 is 0 Å². The summed E-state index contributed by atoms with van der Waals surface area (Å²) in [5.41, 5.74) is 0.724. The van der Waals surface area contributed by atoms with E-state index in [0.29, 0.717) is 0 Å². The van der Waals surface area contributed by atoms with Crippen molar-refractivity contribution in [2.24, 2.45) is 0 Å². The van der Waals surface area contributed by atoms with Gasteiger partial charge in [0.05, 0.1) is 19.8 Å². The molecule has 0 aliphatic carbocycles. The first-order valence-corrected chi connectivity index (χ1v) is 9.85. The molecule has 0 aromatic heterocycles. The third-order valence-corrected chi connectivity index (χ3v) is 5.55. The number of esters is 1. The summed E-state index contributed by atoms with van der Waals surface area (Å²) in [6, 6.07) is 13.6. The lowest BCUT2D eigenvalue weighted by Gasteiger charge is -2.19. The van der Waals surface area contributed by atoms with Gasteiger partial charge in [-0.1, -0.05) is 36.4 Å². The maximum atomic E-state index is 13.1. The molecule has 2 aromatic rings. The van der Waals surface area contributed by atoms with E-state index in [0.717, 1.165) is 16.3 Å². The second kappa shape index (κ2) is 8.95. The molecule has 2 aromatic carbocycles. The number of rotatable bonds is 8. The molecular weight excluding hydrogens is 339 g/mol. The first kappa shape index (κ1) is 19.4. The van der Waals surface area contributed by atoms with Crippen molar-refractivity contribution >= 4 is 30.4 Å². The molecule has 0 spiro atoms. The number of benzene rings is 2. The van der Waals surface area contributed by atoms with E-state index in [1.165, 1.54) is 6.08 Å². The lowest BCUT2D eigenvalue weighted by atomic mass is 10.1. The summed E-state index contributed by atoms with van der Waals surface area (Å²) in [5, 5.41) is 2.01. The quantitative estimate of drug-likeness (QED) is 0.375. The number of hydrogen-bond donors (Lipinski definition) is 0. The van der Waals surface area contributed by atoms with Crippen LogP contribution in [0.1, 0.15) is 26.3 Å². The van der Waals surface area contributed by atoms with Crippen LogP contribution in [0, 0.1) is 0 Å². The van der Waals surface area contributed by atoms with Crippen LogP contribution < -0.4 is 0 Å². The summed E-state index contributed by atoms with van der Waals surface area (Å²) in [7, 11) is -3.75. The molecule has 134 valence electrons. The summed E-state index contributed by atoms with van der Waals surface area (Å²) in [5.74, 6) is -0.694. The minimum absolute atomic E-state index is 0.0895. The molecule has 0 radical (unpaired) electrons. The molecule has 0 aliphatic rings. The Morgan fingerprint density at radius 2 is 1.60 bits per heavy atom. The molecule has 0 atom stereocenters. The van der Waals surface area contributed by atoms with E-state index in [9.17, 15) is 9.36 Å². The lowest BCUT2D eigenvalue weighted by Crippen LogP contribution is -2.11. The topological polar surface area (TPSA) is 61.8 Å². The van der Waals surface area contributed by atoms with Crippen LogP contribution in [0.4, 0.5) is 0 Å². The highest BCUT2D eigenvalue weighted by atomic mass is 31.2. The van der Waals surface area contributed by atoms with Crippen LogP contribution in [-0.2, 0) is 23.1 Å². The first-order valence-electron chi connectivity index (χ1n) is 8.31. The summed E-state index contributed by atoms with van der Waals surface area (Å²) in [6.45, 7) is 5.58. The Morgan fingerprint density at radius 1 is 0.960 bits per heavy atom. The predicted molar refractivity (Wildman–Crippen MR) is 99.4 cm³/mol. The van der Waals surface area contributed by atoms with Gasteiger partial charge in [-0.3, -0.25) is 4.57 Å². The monoisotopic (exact) mass is 362 g/mol. The maximum absolute atomic E-state index is 13.1. The van der Waals surface area contributed by atoms with Gasteiger partial charge in [0.15, 0.2) is 0 Å². The fourth-order valence-corrected chi connectivity index (χ4v) is 4.05. The Bertz CT molecular complexity index is 802. The van der Waals surface area contributed by atoms with Crippen molar-refractivity contribution in [2.75, 3.05) is 19.8 Å². The van der Waals surface area contributed by atoms with Gasteiger partial charge in [0, 0.05) is 0 Å². The van der Waals surface area contributed by atoms with E-state index in [2.05, 4.69) is 0 Å². The predicted octanol–water partition coefficient (Wildman–Crippen LogP) is 5.01. The molecule has 0 fully saturated rings. The highest BCUT2D eigenvalue weighted by Gasteiger charge is 2.36. The van der Waals surface area contributed by atoms with Crippen LogP contribution in [0.15, 0.2) is 47.8 Å². The van der Waals surface area contributed by atoms with E-state index < -0.39 is 13.6 Å². The van der Waals surface area contributed by atoms with E-state index in [4.69, 9.17) is 13.8 Å². The Kier molecular flexibility index (Phi) is 6.94. The summed E-state index contributed by atoms with van der Waals surface area (Å²) < 4.78 is 28.8. The van der Waals surface area contributed by atoms with Gasteiger partial charge in [-0.25, -0.2) is 4.79 Å².